The van der Waals surface area contributed by atoms with Crippen LogP contribution in [0.1, 0.15) is 48.4 Å². The molecule has 30 heavy (non-hydrogen) atoms. The van der Waals surface area contributed by atoms with E-state index >= 15 is 0 Å². The third-order valence-corrected chi connectivity index (χ3v) is 4.83. The summed E-state index contributed by atoms with van der Waals surface area (Å²) < 4.78 is 32.7. The van der Waals surface area contributed by atoms with E-state index in [9.17, 15) is 13.6 Å². The molecule has 6 heteroatoms. The Morgan fingerprint density at radius 3 is 2.63 bits per heavy atom. The molecule has 0 fully saturated rings. The molecule has 2 aromatic rings. The molecule has 1 unspecified atom stereocenters. The van der Waals surface area contributed by atoms with Gasteiger partial charge in [0.1, 0.15) is 5.75 Å². The molecular weight excluding hydrogens is 386 g/mol. The van der Waals surface area contributed by atoms with Crippen LogP contribution >= 0.6 is 0 Å². The molecule has 0 radical (unpaired) electrons. The Kier molecular flexibility index (Phi) is 8.35. The van der Waals surface area contributed by atoms with Crippen LogP contribution in [0.25, 0.3) is 0 Å². The second-order valence-electron chi connectivity index (χ2n) is 7.35. The van der Waals surface area contributed by atoms with Gasteiger partial charge in [0.05, 0.1) is 24.4 Å². The number of aromatic nitrogens is 1. The van der Waals surface area contributed by atoms with Crippen LogP contribution in [0.4, 0.5) is 14.5 Å². The van der Waals surface area contributed by atoms with Crippen LogP contribution in [0.3, 0.4) is 0 Å². The van der Waals surface area contributed by atoms with Gasteiger partial charge in [-0.05, 0) is 38.8 Å². The number of hydrogen-bond acceptors (Lipinski definition) is 4. The molecular formula is C24H28F2N2O2. The summed E-state index contributed by atoms with van der Waals surface area (Å²) in [5.41, 5.74) is 2.41. The van der Waals surface area contributed by atoms with Gasteiger partial charge < -0.3 is 9.64 Å². The highest BCUT2D eigenvalue weighted by Crippen LogP contribution is 2.27. The lowest BCUT2D eigenvalue weighted by molar-refractivity contribution is 0.0920. The molecule has 1 aromatic heterocycles. The maximum Gasteiger partial charge on any atom is 0.171 e. The Bertz CT molecular complexity index is 938. The molecule has 0 spiro atoms. The zero-order valence-electron chi connectivity index (χ0n) is 18.0. The third-order valence-electron chi connectivity index (χ3n) is 4.83. The van der Waals surface area contributed by atoms with Gasteiger partial charge in [-0.15, -0.1) is 6.42 Å². The first-order valence-corrected chi connectivity index (χ1v) is 10.1. The highest BCUT2D eigenvalue weighted by molar-refractivity contribution is 6.01. The largest absolute Gasteiger partial charge is 0.493 e. The number of hydrogen-bond donors (Lipinski definition) is 0. The van der Waals surface area contributed by atoms with Gasteiger partial charge in [0, 0.05) is 36.0 Å². The number of pyridine rings is 1. The summed E-state index contributed by atoms with van der Waals surface area (Å²) >= 11 is 0. The average Bonchev–Trinajstić information content (AvgIpc) is 2.70. The van der Waals surface area contributed by atoms with Crippen molar-refractivity contribution in [2.75, 3.05) is 24.6 Å². The normalized spacial score (nSPS) is 11.6. The summed E-state index contributed by atoms with van der Waals surface area (Å²) in [4.78, 5) is 19.4. The smallest absolute Gasteiger partial charge is 0.171 e. The summed E-state index contributed by atoms with van der Waals surface area (Å²) in [6.07, 6.45) is 6.76. The molecule has 0 bridgehead atoms. The molecule has 1 aromatic carbocycles. The van der Waals surface area contributed by atoms with Crippen molar-refractivity contribution in [3.05, 3.63) is 52.9 Å². The number of ketones is 1. The summed E-state index contributed by atoms with van der Waals surface area (Å²) in [6, 6.07) is 5.45. The Labute approximate surface area is 177 Å². The SMILES string of the molecule is C#CCN(CCC(C)C(=O)c1c(OCCC)cc(C)nc1C)c1ccc(F)c(F)c1. The van der Waals surface area contributed by atoms with Crippen molar-refractivity contribution >= 4 is 11.5 Å². The topological polar surface area (TPSA) is 42.4 Å². The number of carbonyl (C=O) groups is 1. The molecule has 0 amide bonds. The molecule has 160 valence electrons. The van der Waals surface area contributed by atoms with Crippen LogP contribution in [-0.2, 0) is 0 Å². The fourth-order valence-electron chi connectivity index (χ4n) is 3.24. The second-order valence-corrected chi connectivity index (χ2v) is 7.35. The van der Waals surface area contributed by atoms with Crippen molar-refractivity contribution in [3.8, 4) is 18.1 Å². The van der Waals surface area contributed by atoms with Gasteiger partial charge >= 0.3 is 0 Å². The highest BCUT2D eigenvalue weighted by atomic mass is 19.2. The maximum absolute atomic E-state index is 13.6. The Hall–Kier alpha value is -2.94. The number of benzene rings is 1. The van der Waals surface area contributed by atoms with Gasteiger partial charge in [0.15, 0.2) is 17.4 Å². The molecule has 0 saturated carbocycles. The van der Waals surface area contributed by atoms with Crippen LogP contribution < -0.4 is 9.64 Å². The first-order chi connectivity index (χ1) is 14.3. The van der Waals surface area contributed by atoms with E-state index in [4.69, 9.17) is 11.2 Å². The fraction of sp³-hybridized carbons (Fsp3) is 0.417. The molecule has 1 atom stereocenters. The number of ether oxygens (including phenoxy) is 1. The van der Waals surface area contributed by atoms with Crippen molar-refractivity contribution in [1.29, 1.82) is 0 Å². The number of terminal acetylenes is 1. The molecule has 1 heterocycles. The van der Waals surface area contributed by atoms with Crippen molar-refractivity contribution in [3.63, 3.8) is 0 Å². The predicted octanol–water partition coefficient (Wildman–Crippen LogP) is 5.11. The summed E-state index contributed by atoms with van der Waals surface area (Å²) in [5.74, 6) is 0.849. The molecule has 0 saturated heterocycles. The number of nitrogens with zero attached hydrogens (tertiary/aromatic N) is 2. The van der Waals surface area contributed by atoms with Gasteiger partial charge in [-0.3, -0.25) is 9.78 Å². The van der Waals surface area contributed by atoms with Gasteiger partial charge in [-0.2, -0.15) is 0 Å². The predicted molar refractivity (Wildman–Crippen MR) is 115 cm³/mol. The minimum absolute atomic E-state index is 0.0583. The zero-order chi connectivity index (χ0) is 22.3. The maximum atomic E-state index is 13.6. The van der Waals surface area contributed by atoms with Gasteiger partial charge in [-0.1, -0.05) is 19.8 Å². The Balaban J connectivity index is 2.18. The molecule has 4 nitrogen and oxygen atoms in total. The van der Waals surface area contributed by atoms with Crippen molar-refractivity contribution in [2.45, 2.75) is 40.5 Å². The molecule has 0 aliphatic rings. The van der Waals surface area contributed by atoms with Crippen LogP contribution in [0.5, 0.6) is 5.75 Å². The number of Topliss-reactive ketones (excluding diaryl/α,β-unsaturated/α-hetero) is 1. The van der Waals surface area contributed by atoms with Gasteiger partial charge in [0.25, 0.3) is 0 Å². The van der Waals surface area contributed by atoms with E-state index < -0.39 is 11.6 Å². The van der Waals surface area contributed by atoms with E-state index in [1.807, 2.05) is 20.8 Å². The highest BCUT2D eigenvalue weighted by Gasteiger charge is 2.23. The first kappa shape index (κ1) is 23.3. The molecule has 0 aliphatic heterocycles. The van der Waals surface area contributed by atoms with E-state index in [1.165, 1.54) is 6.07 Å². The Morgan fingerprint density at radius 2 is 2.00 bits per heavy atom. The van der Waals surface area contributed by atoms with Gasteiger partial charge in [0.2, 0.25) is 0 Å². The lowest BCUT2D eigenvalue weighted by Crippen LogP contribution is -2.28. The lowest BCUT2D eigenvalue weighted by atomic mass is 9.94. The minimum Gasteiger partial charge on any atom is -0.493 e. The van der Waals surface area contributed by atoms with Crippen LogP contribution in [-0.4, -0.2) is 30.5 Å². The Morgan fingerprint density at radius 1 is 1.27 bits per heavy atom. The summed E-state index contributed by atoms with van der Waals surface area (Å²) in [6.45, 7) is 8.67. The third kappa shape index (κ3) is 5.79. The van der Waals surface area contributed by atoms with E-state index in [-0.39, 0.29) is 18.2 Å². The first-order valence-electron chi connectivity index (χ1n) is 10.1. The summed E-state index contributed by atoms with van der Waals surface area (Å²) in [5, 5.41) is 0. The van der Waals surface area contributed by atoms with E-state index in [2.05, 4.69) is 10.9 Å². The standard InChI is InChI=1S/C24H28F2N2O2/c1-6-11-28(19-8-9-20(25)21(26)15-19)12-10-16(3)24(29)23-18(5)27-17(4)14-22(23)30-13-7-2/h1,8-9,14-16H,7,10-13H2,2-5H3. The number of rotatable bonds is 10. The average molecular weight is 414 g/mol. The lowest BCUT2D eigenvalue weighted by Gasteiger charge is -2.24. The molecule has 0 aliphatic carbocycles. The molecule has 0 N–H and O–H groups in total. The quantitative estimate of drug-likeness (QED) is 0.400. The van der Waals surface area contributed by atoms with Crippen molar-refractivity contribution in [1.82, 2.24) is 4.98 Å². The van der Waals surface area contributed by atoms with Crippen LogP contribution in [0.15, 0.2) is 24.3 Å². The van der Waals surface area contributed by atoms with Crippen LogP contribution in [0.2, 0.25) is 0 Å². The van der Waals surface area contributed by atoms with E-state index in [0.717, 1.165) is 24.2 Å². The number of carbonyl (C=O) groups excluding carboxylic acids is 1. The van der Waals surface area contributed by atoms with E-state index in [0.29, 0.717) is 42.3 Å². The minimum atomic E-state index is -0.933. The van der Waals surface area contributed by atoms with Crippen molar-refractivity contribution in [2.24, 2.45) is 5.92 Å². The number of halogens is 2. The monoisotopic (exact) mass is 414 g/mol. The van der Waals surface area contributed by atoms with E-state index in [1.54, 1.807) is 17.9 Å². The van der Waals surface area contributed by atoms with Gasteiger partial charge in [-0.25, -0.2) is 8.78 Å². The number of anilines is 1. The second kappa shape index (κ2) is 10.7. The number of aryl methyl sites for hydroxylation is 2. The summed E-state index contributed by atoms with van der Waals surface area (Å²) in [7, 11) is 0. The van der Waals surface area contributed by atoms with Crippen LogP contribution in [0, 0.1) is 43.7 Å². The zero-order valence-corrected chi connectivity index (χ0v) is 18.0. The molecule has 2 rings (SSSR count). The van der Waals surface area contributed by atoms with Crippen molar-refractivity contribution < 1.29 is 18.3 Å². The fourth-order valence-corrected chi connectivity index (χ4v) is 3.24.